The fourth-order valence-electron chi connectivity index (χ4n) is 3.97. The van der Waals surface area contributed by atoms with Gasteiger partial charge in [-0.05, 0) is 43.9 Å². The van der Waals surface area contributed by atoms with Crippen LogP contribution in [-0.4, -0.2) is 64.7 Å². The van der Waals surface area contributed by atoms with Crippen molar-refractivity contribution in [2.75, 3.05) is 33.4 Å². The minimum atomic E-state index is -0.385. The highest BCUT2D eigenvalue weighted by atomic mass is 16.5. The zero-order chi connectivity index (χ0) is 16.3. The van der Waals surface area contributed by atoms with Gasteiger partial charge in [0.25, 0.3) is 0 Å². The molecule has 126 valence electrons. The molecule has 2 fully saturated rings. The molecule has 0 saturated carbocycles. The first-order valence-corrected chi connectivity index (χ1v) is 8.34. The molecule has 2 aliphatic rings. The van der Waals surface area contributed by atoms with Crippen LogP contribution >= 0.6 is 0 Å². The minimum absolute atomic E-state index is 0.0311. The molecule has 6 heteroatoms. The van der Waals surface area contributed by atoms with Gasteiger partial charge in [-0.1, -0.05) is 0 Å². The second kappa shape index (κ2) is 6.84. The third kappa shape index (κ3) is 3.05. The van der Waals surface area contributed by atoms with E-state index in [-0.39, 0.29) is 18.1 Å². The van der Waals surface area contributed by atoms with Crippen molar-refractivity contribution in [3.8, 4) is 5.88 Å². The quantitative estimate of drug-likeness (QED) is 0.878. The smallest absolute Gasteiger partial charge is 0.243 e. The highest BCUT2D eigenvalue weighted by Gasteiger charge is 2.50. The lowest BCUT2D eigenvalue weighted by molar-refractivity contribution is -0.148. The Bertz CT molecular complexity index is 564. The van der Waals surface area contributed by atoms with Gasteiger partial charge in [-0.15, -0.1) is 0 Å². The van der Waals surface area contributed by atoms with Crippen LogP contribution in [0.3, 0.4) is 0 Å². The second-order valence-corrected chi connectivity index (χ2v) is 6.38. The molecule has 0 radical (unpaired) electrons. The van der Waals surface area contributed by atoms with E-state index in [1.807, 2.05) is 17.0 Å². The Morgan fingerprint density at radius 1 is 1.35 bits per heavy atom. The third-order valence-electron chi connectivity index (χ3n) is 5.08. The number of pyridine rings is 1. The van der Waals surface area contributed by atoms with Crippen molar-refractivity contribution < 1.29 is 14.6 Å². The summed E-state index contributed by atoms with van der Waals surface area (Å²) in [5.74, 6) is 0.795. The average molecular weight is 319 g/mol. The van der Waals surface area contributed by atoms with E-state index in [0.29, 0.717) is 12.4 Å². The Morgan fingerprint density at radius 2 is 2.13 bits per heavy atom. The molecule has 3 rings (SSSR count). The maximum atomic E-state index is 13.0. The van der Waals surface area contributed by atoms with E-state index in [0.717, 1.165) is 50.9 Å². The lowest BCUT2D eigenvalue weighted by Gasteiger charge is -2.44. The first-order chi connectivity index (χ1) is 11.2. The monoisotopic (exact) mass is 319 g/mol. The summed E-state index contributed by atoms with van der Waals surface area (Å²) in [5, 5.41) is 9.20. The van der Waals surface area contributed by atoms with Gasteiger partial charge in [0, 0.05) is 31.9 Å². The molecule has 0 aromatic carbocycles. The number of likely N-dealkylation sites (tertiary alicyclic amines) is 2. The number of aliphatic hydroxyl groups excluding tert-OH is 1. The number of carbonyl (C=O) groups is 1. The summed E-state index contributed by atoms with van der Waals surface area (Å²) in [6.07, 6.45) is 5.62. The molecule has 23 heavy (non-hydrogen) atoms. The number of nitrogens with zero attached hydrogens (tertiary/aromatic N) is 3. The van der Waals surface area contributed by atoms with E-state index in [1.165, 1.54) is 0 Å². The first-order valence-electron chi connectivity index (χ1n) is 8.34. The molecule has 1 aromatic heterocycles. The molecule has 3 heterocycles. The summed E-state index contributed by atoms with van der Waals surface area (Å²) in [5.41, 5.74) is 0.731. The number of amides is 1. The van der Waals surface area contributed by atoms with Gasteiger partial charge in [-0.3, -0.25) is 9.69 Å². The van der Waals surface area contributed by atoms with Gasteiger partial charge in [-0.2, -0.15) is 0 Å². The lowest BCUT2D eigenvalue weighted by Crippen LogP contribution is -2.60. The summed E-state index contributed by atoms with van der Waals surface area (Å²) < 4.78 is 5.19. The Morgan fingerprint density at radius 3 is 2.87 bits per heavy atom. The Hall–Kier alpha value is -1.66. The number of hydrogen-bond donors (Lipinski definition) is 1. The number of piperidine rings is 1. The number of ether oxygens (including phenoxy) is 1. The molecule has 0 bridgehead atoms. The standard InChI is InChI=1S/C17H25N3O3/c1-23-15-12-14(4-7-18-15)13-20-9-3-6-17(20)5-2-8-19(10-11-21)16(17)22/h4,7,12,21H,2-3,5-6,8-11,13H2,1H3. The average Bonchev–Trinajstić information content (AvgIpc) is 2.96. The van der Waals surface area contributed by atoms with Gasteiger partial charge in [0.2, 0.25) is 11.8 Å². The van der Waals surface area contributed by atoms with Crippen LogP contribution in [0.2, 0.25) is 0 Å². The van der Waals surface area contributed by atoms with Crippen LogP contribution in [0, 0.1) is 0 Å². The van der Waals surface area contributed by atoms with Crippen molar-refractivity contribution in [3.63, 3.8) is 0 Å². The second-order valence-electron chi connectivity index (χ2n) is 6.38. The van der Waals surface area contributed by atoms with Gasteiger partial charge in [0.05, 0.1) is 13.7 Å². The van der Waals surface area contributed by atoms with Crippen LogP contribution in [0.5, 0.6) is 5.88 Å². The van der Waals surface area contributed by atoms with E-state index < -0.39 is 0 Å². The predicted molar refractivity (Wildman–Crippen MR) is 86.1 cm³/mol. The fourth-order valence-corrected chi connectivity index (χ4v) is 3.97. The summed E-state index contributed by atoms with van der Waals surface area (Å²) >= 11 is 0. The molecule has 0 aliphatic carbocycles. The highest BCUT2D eigenvalue weighted by Crippen LogP contribution is 2.39. The molecule has 2 saturated heterocycles. The molecular weight excluding hydrogens is 294 g/mol. The number of carbonyl (C=O) groups excluding carboxylic acids is 1. The Balaban J connectivity index is 1.79. The largest absolute Gasteiger partial charge is 0.481 e. The Kier molecular flexibility index (Phi) is 4.82. The summed E-state index contributed by atoms with van der Waals surface area (Å²) in [4.78, 5) is 21.3. The minimum Gasteiger partial charge on any atom is -0.481 e. The van der Waals surface area contributed by atoms with Crippen molar-refractivity contribution in [3.05, 3.63) is 23.9 Å². The van der Waals surface area contributed by atoms with Gasteiger partial charge >= 0.3 is 0 Å². The van der Waals surface area contributed by atoms with Crippen LogP contribution < -0.4 is 4.74 Å². The number of hydrogen-bond acceptors (Lipinski definition) is 5. The number of β-amino-alcohol motifs (C(OH)–C–C–N with tert-alkyl or cyclic N) is 1. The van der Waals surface area contributed by atoms with Gasteiger partial charge in [-0.25, -0.2) is 4.98 Å². The normalized spacial score (nSPS) is 25.3. The number of rotatable bonds is 5. The SMILES string of the molecule is COc1cc(CN2CCCC23CCCN(CCO)C3=O)ccn1. The number of aromatic nitrogens is 1. The van der Waals surface area contributed by atoms with Crippen LogP contribution in [0.15, 0.2) is 18.3 Å². The van der Waals surface area contributed by atoms with Crippen molar-refractivity contribution >= 4 is 5.91 Å². The molecule has 2 aliphatic heterocycles. The maximum Gasteiger partial charge on any atom is 0.243 e. The van der Waals surface area contributed by atoms with E-state index in [9.17, 15) is 9.90 Å². The zero-order valence-corrected chi connectivity index (χ0v) is 13.7. The van der Waals surface area contributed by atoms with E-state index >= 15 is 0 Å². The van der Waals surface area contributed by atoms with Crippen LogP contribution in [0.4, 0.5) is 0 Å². The van der Waals surface area contributed by atoms with Crippen molar-refractivity contribution in [2.24, 2.45) is 0 Å². The molecule has 1 N–H and O–H groups in total. The highest BCUT2D eigenvalue weighted by molar-refractivity contribution is 5.87. The molecule has 1 atom stereocenters. The van der Waals surface area contributed by atoms with Crippen LogP contribution in [-0.2, 0) is 11.3 Å². The number of methoxy groups -OCH3 is 1. The van der Waals surface area contributed by atoms with Crippen LogP contribution in [0.25, 0.3) is 0 Å². The molecule has 1 amide bonds. The van der Waals surface area contributed by atoms with E-state index in [2.05, 4.69) is 9.88 Å². The van der Waals surface area contributed by atoms with Crippen LogP contribution in [0.1, 0.15) is 31.2 Å². The molecule has 1 aromatic rings. The van der Waals surface area contributed by atoms with Crippen molar-refractivity contribution in [1.82, 2.24) is 14.8 Å². The van der Waals surface area contributed by atoms with Crippen molar-refractivity contribution in [2.45, 2.75) is 37.8 Å². The van der Waals surface area contributed by atoms with Crippen molar-refractivity contribution in [1.29, 1.82) is 0 Å². The van der Waals surface area contributed by atoms with Gasteiger partial charge in [0.1, 0.15) is 5.54 Å². The zero-order valence-electron chi connectivity index (χ0n) is 13.7. The number of aliphatic hydroxyl groups is 1. The summed E-state index contributed by atoms with van der Waals surface area (Å²) in [6.45, 7) is 2.90. The van der Waals surface area contributed by atoms with E-state index in [1.54, 1.807) is 13.3 Å². The van der Waals surface area contributed by atoms with Gasteiger partial charge < -0.3 is 14.7 Å². The van der Waals surface area contributed by atoms with Gasteiger partial charge in [0.15, 0.2) is 0 Å². The topological polar surface area (TPSA) is 65.9 Å². The summed E-state index contributed by atoms with van der Waals surface area (Å²) in [7, 11) is 1.61. The van der Waals surface area contributed by atoms with E-state index in [4.69, 9.17) is 4.74 Å². The Labute approximate surface area is 137 Å². The molecule has 1 spiro atoms. The third-order valence-corrected chi connectivity index (χ3v) is 5.08. The molecular formula is C17H25N3O3. The fraction of sp³-hybridized carbons (Fsp3) is 0.647. The summed E-state index contributed by atoms with van der Waals surface area (Å²) in [6, 6.07) is 3.91. The molecule has 1 unspecified atom stereocenters. The maximum absolute atomic E-state index is 13.0. The molecule has 6 nitrogen and oxygen atoms in total. The lowest BCUT2D eigenvalue weighted by atomic mass is 9.85. The first kappa shape index (κ1) is 16.2. The predicted octanol–water partition coefficient (Wildman–Crippen LogP) is 1.04.